The van der Waals surface area contributed by atoms with Crippen LogP contribution in [0.4, 0.5) is 5.69 Å². The molecule has 2 aromatic rings. The summed E-state index contributed by atoms with van der Waals surface area (Å²) in [7, 11) is -3.73. The van der Waals surface area contributed by atoms with Gasteiger partial charge in [-0.2, -0.15) is 0 Å². The van der Waals surface area contributed by atoms with Crippen LogP contribution in [0.25, 0.3) is 0 Å². The molecule has 24 heavy (non-hydrogen) atoms. The molecule has 0 spiro atoms. The van der Waals surface area contributed by atoms with Crippen molar-refractivity contribution in [3.63, 3.8) is 0 Å². The van der Waals surface area contributed by atoms with Crippen molar-refractivity contribution in [1.29, 1.82) is 0 Å². The van der Waals surface area contributed by atoms with Gasteiger partial charge in [0.25, 0.3) is 10.0 Å². The number of aryl methyl sites for hydroxylation is 1. The molecule has 0 aliphatic heterocycles. The first-order valence-corrected chi connectivity index (χ1v) is 9.27. The molecular weight excluding hydrogens is 326 g/mol. The highest BCUT2D eigenvalue weighted by molar-refractivity contribution is 7.92. The number of hydrogen-bond acceptors (Lipinski definition) is 3. The van der Waals surface area contributed by atoms with E-state index < -0.39 is 16.0 Å². The van der Waals surface area contributed by atoms with E-state index in [-0.39, 0.29) is 24.3 Å². The van der Waals surface area contributed by atoms with Crippen molar-refractivity contribution in [2.75, 3.05) is 10.8 Å². The number of rotatable bonds is 8. The predicted octanol–water partition coefficient (Wildman–Crippen LogP) is 3.31. The average Bonchev–Trinajstić information content (AvgIpc) is 2.59. The lowest BCUT2D eigenvalue weighted by Crippen LogP contribution is -2.32. The van der Waals surface area contributed by atoms with Gasteiger partial charge in [0.15, 0.2) is 0 Å². The van der Waals surface area contributed by atoms with Crippen LogP contribution in [0.3, 0.4) is 0 Å². The van der Waals surface area contributed by atoms with Crippen LogP contribution in [0, 0.1) is 0 Å². The summed E-state index contributed by atoms with van der Waals surface area (Å²) in [6, 6.07) is 15.5. The summed E-state index contributed by atoms with van der Waals surface area (Å²) in [6.07, 6.45) is 1.04. The summed E-state index contributed by atoms with van der Waals surface area (Å²) < 4.78 is 27.2. The Morgan fingerprint density at radius 1 is 1.04 bits per heavy atom. The third-order valence-corrected chi connectivity index (χ3v) is 5.56. The zero-order chi connectivity index (χ0) is 17.6. The van der Waals surface area contributed by atoms with E-state index in [1.54, 1.807) is 42.5 Å². The third kappa shape index (κ3) is 4.35. The second-order valence-corrected chi connectivity index (χ2v) is 7.27. The van der Waals surface area contributed by atoms with Gasteiger partial charge in [0.05, 0.1) is 10.6 Å². The zero-order valence-corrected chi connectivity index (χ0v) is 14.4. The van der Waals surface area contributed by atoms with Crippen molar-refractivity contribution in [3.8, 4) is 0 Å². The standard InChI is InChI=1S/C18H21NO4S/c1-2-15-10-12-16(13-11-15)19(14-6-9-18(20)21)24(22,23)17-7-4-3-5-8-17/h3-5,7-8,10-13H,2,6,9,14H2,1H3,(H,20,21). The van der Waals surface area contributed by atoms with Gasteiger partial charge < -0.3 is 5.11 Å². The van der Waals surface area contributed by atoms with E-state index in [2.05, 4.69) is 0 Å². The van der Waals surface area contributed by atoms with Crippen molar-refractivity contribution in [2.45, 2.75) is 31.1 Å². The maximum atomic E-state index is 12.9. The van der Waals surface area contributed by atoms with E-state index in [1.165, 1.54) is 4.31 Å². The van der Waals surface area contributed by atoms with E-state index in [4.69, 9.17) is 5.11 Å². The predicted molar refractivity (Wildman–Crippen MR) is 93.7 cm³/mol. The first kappa shape index (κ1) is 18.0. The second kappa shape index (κ2) is 7.97. The maximum absolute atomic E-state index is 12.9. The van der Waals surface area contributed by atoms with Crippen molar-refractivity contribution in [3.05, 3.63) is 60.2 Å². The Morgan fingerprint density at radius 2 is 1.67 bits per heavy atom. The molecule has 0 saturated carbocycles. The van der Waals surface area contributed by atoms with Gasteiger partial charge in [-0.25, -0.2) is 8.42 Å². The van der Waals surface area contributed by atoms with E-state index in [0.29, 0.717) is 5.69 Å². The Bertz CT molecular complexity index is 770. The van der Waals surface area contributed by atoms with E-state index in [9.17, 15) is 13.2 Å². The number of carbonyl (C=O) groups is 1. The van der Waals surface area contributed by atoms with Crippen LogP contribution in [0.15, 0.2) is 59.5 Å². The number of sulfonamides is 1. The summed E-state index contributed by atoms with van der Waals surface area (Å²) in [6.45, 7) is 2.15. The Labute approximate surface area is 142 Å². The topological polar surface area (TPSA) is 74.7 Å². The van der Waals surface area contributed by atoms with Crippen LogP contribution < -0.4 is 4.31 Å². The number of carboxylic acid groups (broad SMARTS) is 1. The highest BCUT2D eigenvalue weighted by Gasteiger charge is 2.24. The highest BCUT2D eigenvalue weighted by Crippen LogP contribution is 2.24. The summed E-state index contributed by atoms with van der Waals surface area (Å²) in [4.78, 5) is 10.9. The van der Waals surface area contributed by atoms with E-state index in [1.807, 2.05) is 19.1 Å². The number of benzene rings is 2. The van der Waals surface area contributed by atoms with Crippen molar-refractivity contribution >= 4 is 21.7 Å². The number of nitrogens with zero attached hydrogens (tertiary/aromatic N) is 1. The molecule has 0 saturated heterocycles. The first-order chi connectivity index (χ1) is 11.4. The van der Waals surface area contributed by atoms with Crippen LogP contribution in [-0.2, 0) is 21.2 Å². The summed E-state index contributed by atoms with van der Waals surface area (Å²) in [5.41, 5.74) is 1.66. The maximum Gasteiger partial charge on any atom is 0.303 e. The molecule has 5 nitrogen and oxygen atoms in total. The lowest BCUT2D eigenvalue weighted by atomic mass is 10.1. The number of carboxylic acids is 1. The largest absolute Gasteiger partial charge is 0.481 e. The van der Waals surface area contributed by atoms with Crippen LogP contribution in [-0.4, -0.2) is 26.0 Å². The Balaban J connectivity index is 2.36. The molecule has 6 heteroatoms. The minimum Gasteiger partial charge on any atom is -0.481 e. The molecule has 0 aliphatic carbocycles. The molecule has 0 aliphatic rings. The first-order valence-electron chi connectivity index (χ1n) is 7.83. The molecule has 0 unspecified atom stereocenters. The van der Waals surface area contributed by atoms with Gasteiger partial charge in [0.1, 0.15) is 0 Å². The van der Waals surface area contributed by atoms with Crippen molar-refractivity contribution in [1.82, 2.24) is 0 Å². The normalized spacial score (nSPS) is 11.2. The third-order valence-electron chi connectivity index (χ3n) is 3.72. The molecule has 1 N–H and O–H groups in total. The van der Waals surface area contributed by atoms with Gasteiger partial charge in [-0.1, -0.05) is 37.3 Å². The molecule has 0 bridgehead atoms. The minimum absolute atomic E-state index is 0.0755. The quantitative estimate of drug-likeness (QED) is 0.795. The van der Waals surface area contributed by atoms with Crippen LogP contribution in [0.2, 0.25) is 0 Å². The molecule has 0 heterocycles. The fourth-order valence-electron chi connectivity index (χ4n) is 2.38. The molecule has 0 amide bonds. The zero-order valence-electron chi connectivity index (χ0n) is 13.6. The summed E-state index contributed by atoms with van der Waals surface area (Å²) in [5, 5.41) is 8.82. The fourth-order valence-corrected chi connectivity index (χ4v) is 3.90. The summed E-state index contributed by atoms with van der Waals surface area (Å²) in [5.74, 6) is -0.937. The highest BCUT2D eigenvalue weighted by atomic mass is 32.2. The fraction of sp³-hybridized carbons (Fsp3) is 0.278. The summed E-state index contributed by atoms with van der Waals surface area (Å²) >= 11 is 0. The van der Waals surface area contributed by atoms with Gasteiger partial charge >= 0.3 is 5.97 Å². The van der Waals surface area contributed by atoms with E-state index >= 15 is 0 Å². The number of anilines is 1. The van der Waals surface area contributed by atoms with E-state index in [0.717, 1.165) is 12.0 Å². The van der Waals surface area contributed by atoms with Crippen molar-refractivity contribution in [2.24, 2.45) is 0 Å². The molecule has 0 fully saturated rings. The molecule has 0 atom stereocenters. The molecular formula is C18H21NO4S. The van der Waals surface area contributed by atoms with Gasteiger partial charge in [-0.15, -0.1) is 0 Å². The molecule has 0 aromatic heterocycles. The number of hydrogen-bond donors (Lipinski definition) is 1. The molecule has 128 valence electrons. The minimum atomic E-state index is -3.73. The smallest absolute Gasteiger partial charge is 0.303 e. The van der Waals surface area contributed by atoms with Gasteiger partial charge in [0, 0.05) is 13.0 Å². The second-order valence-electron chi connectivity index (χ2n) is 5.41. The Morgan fingerprint density at radius 3 is 2.21 bits per heavy atom. The van der Waals surface area contributed by atoms with Gasteiger partial charge in [-0.05, 0) is 42.7 Å². The average molecular weight is 347 g/mol. The lowest BCUT2D eigenvalue weighted by Gasteiger charge is -2.24. The monoisotopic (exact) mass is 347 g/mol. The van der Waals surface area contributed by atoms with Crippen LogP contribution in [0.5, 0.6) is 0 Å². The van der Waals surface area contributed by atoms with Crippen LogP contribution in [0.1, 0.15) is 25.3 Å². The Kier molecular flexibility index (Phi) is 5.98. The van der Waals surface area contributed by atoms with Gasteiger partial charge in [-0.3, -0.25) is 9.10 Å². The Hall–Kier alpha value is -2.34. The lowest BCUT2D eigenvalue weighted by molar-refractivity contribution is -0.137. The SMILES string of the molecule is CCc1ccc(N(CCCC(=O)O)S(=O)(=O)c2ccccc2)cc1. The molecule has 2 aromatic carbocycles. The molecule has 0 radical (unpaired) electrons. The van der Waals surface area contributed by atoms with Gasteiger partial charge in [0.2, 0.25) is 0 Å². The van der Waals surface area contributed by atoms with Crippen molar-refractivity contribution < 1.29 is 18.3 Å². The number of aliphatic carboxylic acids is 1. The molecule has 2 rings (SSSR count). The van der Waals surface area contributed by atoms with Crippen LogP contribution >= 0.6 is 0 Å².